The fraction of sp³-hybridized carbons (Fsp3) is 0.444. The molecule has 1 atom stereocenters. The highest BCUT2D eigenvalue weighted by Gasteiger charge is 2.25. The maximum atomic E-state index is 12.7. The van der Waals surface area contributed by atoms with Gasteiger partial charge in [0.25, 0.3) is 0 Å². The largest absolute Gasteiger partial charge is 0.345 e. The summed E-state index contributed by atoms with van der Waals surface area (Å²) in [5, 5.41) is 6.90. The Hall–Kier alpha value is -1.79. The summed E-state index contributed by atoms with van der Waals surface area (Å²) in [6.45, 7) is 7.26. The van der Waals surface area contributed by atoms with Crippen molar-refractivity contribution in [3.63, 3.8) is 0 Å². The lowest BCUT2D eigenvalue weighted by molar-refractivity contribution is 0.186. The van der Waals surface area contributed by atoms with Gasteiger partial charge < -0.3 is 15.1 Å². The number of carbonyl (C=O) groups is 1. The number of nitrogens with one attached hydrogen (secondary N) is 1. The minimum absolute atomic E-state index is 0.00700. The highest BCUT2D eigenvalue weighted by atomic mass is 35.5. The van der Waals surface area contributed by atoms with Crippen LogP contribution in [0.5, 0.6) is 0 Å². The molecule has 1 aliphatic heterocycles. The van der Waals surface area contributed by atoms with Gasteiger partial charge in [-0.3, -0.25) is 0 Å². The summed E-state index contributed by atoms with van der Waals surface area (Å²) in [7, 11) is 0. The molecule has 7 heteroatoms. The number of anilines is 1. The van der Waals surface area contributed by atoms with Gasteiger partial charge in [0.2, 0.25) is 0 Å². The minimum atomic E-state index is -0.0261. The van der Waals surface area contributed by atoms with E-state index in [4.69, 9.17) is 11.6 Å². The Bertz CT molecular complexity index is 682. The lowest BCUT2D eigenvalue weighted by Crippen LogP contribution is -2.52. The number of piperazine rings is 1. The Morgan fingerprint density at radius 2 is 1.88 bits per heavy atom. The number of benzene rings is 1. The highest BCUT2D eigenvalue weighted by molar-refractivity contribution is 7.13. The van der Waals surface area contributed by atoms with Gasteiger partial charge in [0, 0.05) is 42.8 Å². The van der Waals surface area contributed by atoms with Crippen LogP contribution in [0.25, 0.3) is 0 Å². The van der Waals surface area contributed by atoms with Gasteiger partial charge in [-0.2, -0.15) is 0 Å². The topological polar surface area (TPSA) is 48.5 Å². The second-order valence-corrected chi connectivity index (χ2v) is 7.82. The SMILES string of the molecule is CC(C)C(NC(=O)N1CCN(c2nccs2)CC1)c1ccc(Cl)cc1. The van der Waals surface area contributed by atoms with Crippen LogP contribution < -0.4 is 10.2 Å². The third-order valence-corrected chi connectivity index (χ3v) is 5.52. The average molecular weight is 379 g/mol. The summed E-state index contributed by atoms with van der Waals surface area (Å²) in [4.78, 5) is 21.2. The van der Waals surface area contributed by atoms with E-state index in [-0.39, 0.29) is 12.1 Å². The first-order valence-corrected chi connectivity index (χ1v) is 9.75. The summed E-state index contributed by atoms with van der Waals surface area (Å²) in [6, 6.07) is 7.66. The molecule has 1 N–H and O–H groups in total. The number of urea groups is 1. The molecule has 1 aromatic carbocycles. The molecule has 1 fully saturated rings. The summed E-state index contributed by atoms with van der Waals surface area (Å²) < 4.78 is 0. The van der Waals surface area contributed by atoms with Crippen molar-refractivity contribution in [1.82, 2.24) is 15.2 Å². The summed E-state index contributed by atoms with van der Waals surface area (Å²) in [6.07, 6.45) is 1.82. The lowest BCUT2D eigenvalue weighted by Gasteiger charge is -2.36. The van der Waals surface area contributed by atoms with Gasteiger partial charge in [-0.15, -0.1) is 11.3 Å². The number of rotatable bonds is 4. The van der Waals surface area contributed by atoms with Crippen LogP contribution in [-0.2, 0) is 0 Å². The van der Waals surface area contributed by atoms with Crippen molar-refractivity contribution in [2.24, 2.45) is 5.92 Å². The van der Waals surface area contributed by atoms with E-state index in [1.807, 2.05) is 40.7 Å². The van der Waals surface area contributed by atoms with Crippen molar-refractivity contribution >= 4 is 34.1 Å². The van der Waals surface area contributed by atoms with Crippen molar-refractivity contribution in [2.45, 2.75) is 19.9 Å². The number of halogens is 1. The molecule has 134 valence electrons. The Morgan fingerprint density at radius 1 is 1.20 bits per heavy atom. The maximum Gasteiger partial charge on any atom is 0.318 e. The van der Waals surface area contributed by atoms with Crippen molar-refractivity contribution in [2.75, 3.05) is 31.1 Å². The van der Waals surface area contributed by atoms with Gasteiger partial charge in [0.05, 0.1) is 6.04 Å². The molecule has 0 radical (unpaired) electrons. The van der Waals surface area contributed by atoms with Crippen molar-refractivity contribution < 1.29 is 4.79 Å². The predicted molar refractivity (Wildman–Crippen MR) is 103 cm³/mol. The molecule has 0 aliphatic carbocycles. The third-order valence-electron chi connectivity index (χ3n) is 4.43. The molecular weight excluding hydrogens is 356 g/mol. The van der Waals surface area contributed by atoms with Gasteiger partial charge in [0.15, 0.2) is 5.13 Å². The Balaban J connectivity index is 1.59. The molecular formula is C18H23ClN4OS. The maximum absolute atomic E-state index is 12.7. The van der Waals surface area contributed by atoms with Crippen molar-refractivity contribution in [3.8, 4) is 0 Å². The first-order chi connectivity index (χ1) is 12.0. The van der Waals surface area contributed by atoms with E-state index in [1.54, 1.807) is 11.3 Å². The zero-order chi connectivity index (χ0) is 17.8. The van der Waals surface area contributed by atoms with E-state index < -0.39 is 0 Å². The fourth-order valence-electron chi connectivity index (χ4n) is 3.00. The number of hydrogen-bond acceptors (Lipinski definition) is 4. The monoisotopic (exact) mass is 378 g/mol. The molecule has 1 saturated heterocycles. The second-order valence-electron chi connectivity index (χ2n) is 6.51. The first kappa shape index (κ1) is 18.0. The van der Waals surface area contributed by atoms with Gasteiger partial charge in [-0.25, -0.2) is 9.78 Å². The molecule has 3 rings (SSSR count). The molecule has 0 bridgehead atoms. The number of thiazole rings is 1. The first-order valence-electron chi connectivity index (χ1n) is 8.50. The summed E-state index contributed by atoms with van der Waals surface area (Å²) in [5.41, 5.74) is 1.08. The zero-order valence-corrected chi connectivity index (χ0v) is 16.1. The van der Waals surface area contributed by atoms with Gasteiger partial charge >= 0.3 is 6.03 Å². The predicted octanol–water partition coefficient (Wildman–Crippen LogP) is 4.03. The number of carbonyl (C=O) groups excluding carboxylic acids is 1. The third kappa shape index (κ3) is 4.44. The molecule has 0 saturated carbocycles. The Labute approximate surface area is 157 Å². The standard InChI is InChI=1S/C18H23ClN4OS/c1-13(2)16(14-3-5-15(19)6-4-14)21-17(24)22-8-10-23(11-9-22)18-20-7-12-25-18/h3-7,12-13,16H,8-11H2,1-2H3,(H,21,24). The van der Waals surface area contributed by atoms with Gasteiger partial charge in [-0.1, -0.05) is 37.6 Å². The van der Waals surface area contributed by atoms with Gasteiger partial charge in [0.1, 0.15) is 0 Å². The quantitative estimate of drug-likeness (QED) is 0.873. The molecule has 25 heavy (non-hydrogen) atoms. The van der Waals surface area contributed by atoms with Crippen molar-refractivity contribution in [3.05, 3.63) is 46.4 Å². The van der Waals surface area contributed by atoms with E-state index in [1.165, 1.54) is 0 Å². The lowest BCUT2D eigenvalue weighted by atomic mass is 9.96. The number of nitrogens with zero attached hydrogens (tertiary/aromatic N) is 3. The number of amides is 2. The number of aromatic nitrogens is 1. The minimum Gasteiger partial charge on any atom is -0.345 e. The van der Waals surface area contributed by atoms with E-state index in [0.29, 0.717) is 24.0 Å². The molecule has 1 aliphatic rings. The molecule has 2 amide bonds. The van der Waals surface area contributed by atoms with Crippen LogP contribution in [0.4, 0.5) is 9.93 Å². The second kappa shape index (κ2) is 8.06. The zero-order valence-electron chi connectivity index (χ0n) is 14.5. The van der Waals surface area contributed by atoms with Crippen LogP contribution in [0.3, 0.4) is 0 Å². The fourth-order valence-corrected chi connectivity index (χ4v) is 3.83. The summed E-state index contributed by atoms with van der Waals surface area (Å²) >= 11 is 7.61. The normalized spacial score (nSPS) is 16.2. The van der Waals surface area contributed by atoms with E-state index in [2.05, 4.69) is 29.0 Å². The summed E-state index contributed by atoms with van der Waals surface area (Å²) in [5.74, 6) is 0.293. The van der Waals surface area contributed by atoms with E-state index in [0.717, 1.165) is 23.8 Å². The van der Waals surface area contributed by atoms with Crippen molar-refractivity contribution in [1.29, 1.82) is 0 Å². The van der Waals surface area contributed by atoms with Gasteiger partial charge in [-0.05, 0) is 23.6 Å². The van der Waals surface area contributed by atoms with Crippen LogP contribution in [0.15, 0.2) is 35.8 Å². The Kier molecular flexibility index (Phi) is 5.81. The molecule has 2 aromatic rings. The molecule has 1 aromatic heterocycles. The smallest absolute Gasteiger partial charge is 0.318 e. The molecule has 1 unspecified atom stereocenters. The molecule has 0 spiro atoms. The number of hydrogen-bond donors (Lipinski definition) is 1. The Morgan fingerprint density at radius 3 is 2.44 bits per heavy atom. The van der Waals surface area contributed by atoms with Crippen LogP contribution in [0.2, 0.25) is 5.02 Å². The van der Waals surface area contributed by atoms with Crippen LogP contribution >= 0.6 is 22.9 Å². The highest BCUT2D eigenvalue weighted by Crippen LogP contribution is 2.24. The average Bonchev–Trinajstić information content (AvgIpc) is 3.15. The molecule has 2 heterocycles. The molecule has 5 nitrogen and oxygen atoms in total. The van der Waals surface area contributed by atoms with Crippen LogP contribution in [0, 0.1) is 5.92 Å². The van der Waals surface area contributed by atoms with E-state index in [9.17, 15) is 4.79 Å². The van der Waals surface area contributed by atoms with Crippen LogP contribution in [0.1, 0.15) is 25.5 Å². The van der Waals surface area contributed by atoms with Crippen LogP contribution in [-0.4, -0.2) is 42.1 Å². The van der Waals surface area contributed by atoms with E-state index >= 15 is 0 Å².